The summed E-state index contributed by atoms with van der Waals surface area (Å²) in [4.78, 5) is 13.5. The Balaban J connectivity index is 2.37. The lowest BCUT2D eigenvalue weighted by atomic mass is 10.1. The molecule has 0 radical (unpaired) electrons. The van der Waals surface area contributed by atoms with Gasteiger partial charge in [0.05, 0.1) is 11.7 Å². The van der Waals surface area contributed by atoms with Crippen LogP contribution in [0.4, 0.5) is 5.69 Å². The van der Waals surface area contributed by atoms with Crippen LogP contribution in [0, 0.1) is 0 Å². The Morgan fingerprint density at radius 1 is 1.00 bits per heavy atom. The zero-order valence-corrected chi connectivity index (χ0v) is 13.7. The highest BCUT2D eigenvalue weighted by atomic mass is 32.2. The maximum absolute atomic E-state index is 11.8. The quantitative estimate of drug-likeness (QED) is 0.868. The molecule has 0 saturated heterocycles. The number of carboxylic acids is 1. The van der Waals surface area contributed by atoms with Crippen molar-refractivity contribution in [1.82, 2.24) is 0 Å². The average Bonchev–Trinajstić information content (AvgIpc) is 2.90. The Kier molecular flexibility index (Phi) is 4.22. The Labute approximate surface area is 141 Å². The smallest absolute Gasteiger partial charge is 0.339 e. The molecule has 122 valence electrons. The number of para-hydroxylation sites is 1. The van der Waals surface area contributed by atoms with Crippen LogP contribution in [0.2, 0.25) is 0 Å². The van der Waals surface area contributed by atoms with Crippen molar-refractivity contribution >= 4 is 32.5 Å². The van der Waals surface area contributed by atoms with Crippen LogP contribution in [0.5, 0.6) is 0 Å². The molecule has 1 heterocycles. The fraction of sp³-hybridized carbons (Fsp3) is 0.111. The van der Waals surface area contributed by atoms with Crippen molar-refractivity contribution in [1.29, 1.82) is 0 Å². The van der Waals surface area contributed by atoms with Crippen molar-refractivity contribution in [3.63, 3.8) is 0 Å². The van der Waals surface area contributed by atoms with E-state index in [2.05, 4.69) is 0 Å². The summed E-state index contributed by atoms with van der Waals surface area (Å²) in [5.41, 5.74) is 1.61. The first-order chi connectivity index (χ1) is 11.5. The van der Waals surface area contributed by atoms with Gasteiger partial charge in [0.1, 0.15) is 10.4 Å². The maximum atomic E-state index is 11.8. The molecule has 3 rings (SSSR count). The summed E-state index contributed by atoms with van der Waals surface area (Å²) in [5.74, 6) is -1.25. The molecule has 0 aromatic heterocycles. The Morgan fingerprint density at radius 2 is 1.54 bits per heavy atom. The van der Waals surface area contributed by atoms with Crippen LogP contribution in [0.25, 0.3) is 5.70 Å². The zero-order chi connectivity index (χ0) is 17.3. The lowest BCUT2D eigenvalue weighted by Gasteiger charge is -2.27. The molecule has 0 amide bonds. The fourth-order valence-electron chi connectivity index (χ4n) is 3.01. The van der Waals surface area contributed by atoms with Gasteiger partial charge in [0.25, 0.3) is 0 Å². The second-order valence-electron chi connectivity index (χ2n) is 5.38. The molecule has 1 N–H and O–H groups in total. The molecule has 1 atom stereocenters. The zero-order valence-electron chi connectivity index (χ0n) is 12.9. The van der Waals surface area contributed by atoms with Gasteiger partial charge in [-0.3, -0.25) is 0 Å². The first-order valence-corrected chi connectivity index (χ1v) is 8.43. The van der Waals surface area contributed by atoms with Gasteiger partial charge in [0, 0.05) is 5.69 Å². The number of rotatable bonds is 3. The minimum atomic E-state index is -2.62. The number of hydrogen-bond acceptors (Lipinski definition) is 4. The van der Waals surface area contributed by atoms with Gasteiger partial charge in [-0.15, -0.1) is 0 Å². The minimum absolute atomic E-state index is 0.106. The minimum Gasteiger partial charge on any atom is -0.478 e. The van der Waals surface area contributed by atoms with Gasteiger partial charge >= 0.3 is 5.97 Å². The summed E-state index contributed by atoms with van der Waals surface area (Å²) < 4.78 is 23.4. The number of benzene rings is 2. The molecule has 0 saturated carbocycles. The first kappa shape index (κ1) is 16.0. The van der Waals surface area contributed by atoms with Crippen LogP contribution in [-0.4, -0.2) is 30.4 Å². The van der Waals surface area contributed by atoms with Crippen molar-refractivity contribution in [2.24, 2.45) is 0 Å². The molecule has 1 aliphatic heterocycles. The molecule has 24 heavy (non-hydrogen) atoms. The van der Waals surface area contributed by atoms with Gasteiger partial charge in [-0.05, 0) is 24.6 Å². The van der Waals surface area contributed by atoms with E-state index in [1.54, 1.807) is 36.1 Å². The summed E-state index contributed by atoms with van der Waals surface area (Å²) >= 11 is 0. The van der Waals surface area contributed by atoms with E-state index in [-0.39, 0.29) is 10.4 Å². The van der Waals surface area contributed by atoms with E-state index in [1.165, 1.54) is 0 Å². The molecule has 0 spiro atoms. The topological polar surface area (TPSA) is 74.7 Å². The van der Waals surface area contributed by atoms with E-state index in [9.17, 15) is 18.3 Å². The summed E-state index contributed by atoms with van der Waals surface area (Å²) in [6, 6.07) is 17.5. The Morgan fingerprint density at radius 3 is 2.04 bits per heavy atom. The number of nitrogens with zero attached hydrogens (tertiary/aromatic N) is 1. The highest BCUT2D eigenvalue weighted by Crippen LogP contribution is 2.37. The molecule has 0 fully saturated rings. The summed E-state index contributed by atoms with van der Waals surface area (Å²) in [7, 11) is -2.62. The van der Waals surface area contributed by atoms with Crippen LogP contribution < -0.4 is 4.90 Å². The third-order valence-electron chi connectivity index (χ3n) is 3.97. The average molecular weight is 341 g/mol. The van der Waals surface area contributed by atoms with Crippen molar-refractivity contribution < 1.29 is 18.3 Å². The van der Waals surface area contributed by atoms with Crippen LogP contribution in [0.3, 0.4) is 0 Å². The van der Waals surface area contributed by atoms with Gasteiger partial charge in [-0.2, -0.15) is 8.42 Å². The van der Waals surface area contributed by atoms with E-state index >= 15 is 0 Å². The van der Waals surface area contributed by atoms with E-state index < -0.39 is 22.3 Å². The third kappa shape index (κ3) is 2.61. The first-order valence-electron chi connectivity index (χ1n) is 7.36. The van der Waals surface area contributed by atoms with E-state index in [1.807, 2.05) is 36.4 Å². The van der Waals surface area contributed by atoms with Crippen molar-refractivity contribution in [2.45, 2.75) is 13.0 Å². The second-order valence-corrected chi connectivity index (χ2v) is 6.28. The van der Waals surface area contributed by atoms with Gasteiger partial charge in [-0.1, -0.05) is 48.5 Å². The summed E-state index contributed by atoms with van der Waals surface area (Å²) in [6.45, 7) is 1.69. The Bertz CT molecular complexity index is 939. The fourth-order valence-corrected chi connectivity index (χ4v) is 3.74. The monoisotopic (exact) mass is 341 g/mol. The molecular weight excluding hydrogens is 326 g/mol. The lowest BCUT2D eigenvalue weighted by molar-refractivity contribution is -0.131. The third-order valence-corrected chi connectivity index (χ3v) is 4.87. The number of carboxylic acid groups (broad SMARTS) is 1. The van der Waals surface area contributed by atoms with Gasteiger partial charge < -0.3 is 10.0 Å². The van der Waals surface area contributed by atoms with Gasteiger partial charge in [0.2, 0.25) is 10.3 Å². The van der Waals surface area contributed by atoms with Crippen LogP contribution in [0.1, 0.15) is 12.5 Å². The molecule has 0 aliphatic carbocycles. The van der Waals surface area contributed by atoms with E-state index in [4.69, 9.17) is 0 Å². The molecule has 5 nitrogen and oxygen atoms in total. The number of anilines is 1. The van der Waals surface area contributed by atoms with E-state index in [0.29, 0.717) is 11.3 Å². The van der Waals surface area contributed by atoms with Crippen LogP contribution >= 0.6 is 0 Å². The number of carbonyl (C=O) groups is 1. The largest absolute Gasteiger partial charge is 0.478 e. The van der Waals surface area contributed by atoms with Crippen LogP contribution in [0.15, 0.2) is 66.2 Å². The molecule has 0 bridgehead atoms. The molecular formula is C18H15NO4S. The molecule has 2 aromatic carbocycles. The number of aliphatic carboxylic acids is 1. The van der Waals surface area contributed by atoms with Crippen molar-refractivity contribution in [3.8, 4) is 0 Å². The van der Waals surface area contributed by atoms with Crippen molar-refractivity contribution in [3.05, 3.63) is 71.8 Å². The summed E-state index contributed by atoms with van der Waals surface area (Å²) in [6.07, 6.45) is 0. The van der Waals surface area contributed by atoms with Crippen molar-refractivity contribution in [2.75, 3.05) is 4.90 Å². The van der Waals surface area contributed by atoms with Crippen LogP contribution in [-0.2, 0) is 15.1 Å². The predicted molar refractivity (Wildman–Crippen MR) is 93.3 cm³/mol. The second kappa shape index (κ2) is 6.33. The highest BCUT2D eigenvalue weighted by Gasteiger charge is 2.40. The highest BCUT2D eigenvalue weighted by molar-refractivity contribution is 7.73. The molecule has 6 heteroatoms. The maximum Gasteiger partial charge on any atom is 0.339 e. The molecule has 1 aliphatic rings. The number of hydrogen-bond donors (Lipinski definition) is 1. The standard InChI is InChI=1S/C18H15NO4S/c1-12-17(24(22)23)15(18(20)21)16(13-8-4-2-5-9-13)19(12)14-10-6-3-7-11-14/h2-12H,1H3,(H,20,21). The molecule has 2 aromatic rings. The van der Waals surface area contributed by atoms with Gasteiger partial charge in [-0.25, -0.2) is 4.79 Å². The summed E-state index contributed by atoms with van der Waals surface area (Å²) in [5, 5.41) is 9.67. The predicted octanol–water partition coefficient (Wildman–Crippen LogP) is 2.44. The lowest BCUT2D eigenvalue weighted by Crippen LogP contribution is -2.32. The SMILES string of the molecule is CC1C(=S(=O)=O)C(C(=O)O)=C(c2ccccc2)N1c1ccccc1. The normalized spacial score (nSPS) is 17.3. The van der Waals surface area contributed by atoms with E-state index in [0.717, 1.165) is 5.69 Å². The Hall–Kier alpha value is -2.86. The molecule has 1 unspecified atom stereocenters. The van der Waals surface area contributed by atoms with Gasteiger partial charge in [0.15, 0.2) is 0 Å².